The fourth-order valence-corrected chi connectivity index (χ4v) is 4.23. The van der Waals surface area contributed by atoms with E-state index in [9.17, 15) is 28.5 Å². The molecule has 9 nitrogen and oxygen atoms in total. The van der Waals surface area contributed by atoms with E-state index in [1.54, 1.807) is 36.4 Å². The largest absolute Gasteiger partial charge is 0.508 e. The van der Waals surface area contributed by atoms with Gasteiger partial charge in [-0.2, -0.15) is 0 Å². The summed E-state index contributed by atoms with van der Waals surface area (Å²) in [6, 6.07) is 17.9. The van der Waals surface area contributed by atoms with Crippen molar-refractivity contribution in [3.63, 3.8) is 0 Å². The van der Waals surface area contributed by atoms with Gasteiger partial charge in [-0.1, -0.05) is 30.3 Å². The first kappa shape index (κ1) is 27.3. The van der Waals surface area contributed by atoms with Crippen molar-refractivity contribution in [3.8, 4) is 5.75 Å². The van der Waals surface area contributed by atoms with E-state index in [1.165, 1.54) is 18.2 Å². The molecule has 0 aliphatic heterocycles. The molecule has 10 heteroatoms. The van der Waals surface area contributed by atoms with Crippen LogP contribution in [-0.4, -0.2) is 42.2 Å². The average Bonchev–Trinajstić information content (AvgIpc) is 2.86. The van der Waals surface area contributed by atoms with Crippen molar-refractivity contribution in [1.29, 1.82) is 0 Å². The standard InChI is InChI=1S/C26H31N3O6S/c1-17(28-15-25(32)20-7-10-24(31)22(13-20)16-30)11-19-3-2-4-21(12-19)26(33)29-14-18-5-8-23(9-6-18)36(27,34)35/h2-10,12-13,17,25,28,30-32H,11,14-16H2,1H3,(H,29,33)(H2,27,34,35)/t17-,25-/m1/s1. The quantitative estimate of drug-likeness (QED) is 0.227. The van der Waals surface area contributed by atoms with Crippen LogP contribution in [0, 0.1) is 0 Å². The van der Waals surface area contributed by atoms with Crippen molar-refractivity contribution >= 4 is 15.9 Å². The zero-order valence-electron chi connectivity index (χ0n) is 19.9. The second-order valence-electron chi connectivity index (χ2n) is 8.65. The monoisotopic (exact) mass is 513 g/mol. The molecule has 36 heavy (non-hydrogen) atoms. The van der Waals surface area contributed by atoms with E-state index < -0.39 is 16.1 Å². The number of nitrogens with two attached hydrogens (primary N) is 1. The molecule has 3 aromatic rings. The number of aliphatic hydroxyl groups excluding tert-OH is 2. The molecule has 0 spiro atoms. The van der Waals surface area contributed by atoms with Gasteiger partial charge in [-0.15, -0.1) is 0 Å². The fraction of sp³-hybridized carbons (Fsp3) is 0.269. The topological polar surface area (TPSA) is 162 Å². The van der Waals surface area contributed by atoms with E-state index in [-0.39, 0.29) is 42.3 Å². The number of hydrogen-bond donors (Lipinski definition) is 6. The van der Waals surface area contributed by atoms with Crippen LogP contribution in [-0.2, 0) is 29.6 Å². The smallest absolute Gasteiger partial charge is 0.251 e. The third-order valence-electron chi connectivity index (χ3n) is 5.75. The highest BCUT2D eigenvalue weighted by molar-refractivity contribution is 7.89. The predicted octanol–water partition coefficient (Wildman–Crippen LogP) is 1.72. The molecule has 0 aliphatic carbocycles. The molecule has 3 rings (SSSR count). The molecule has 0 aromatic heterocycles. The average molecular weight is 514 g/mol. The van der Waals surface area contributed by atoms with E-state index in [0.29, 0.717) is 23.1 Å². The Morgan fingerprint density at radius 1 is 1.03 bits per heavy atom. The number of aliphatic hydroxyl groups is 2. The van der Waals surface area contributed by atoms with Crippen molar-refractivity contribution in [2.45, 2.75) is 43.5 Å². The molecule has 0 saturated carbocycles. The van der Waals surface area contributed by atoms with E-state index >= 15 is 0 Å². The second kappa shape index (κ2) is 12.1. The number of sulfonamides is 1. The number of nitrogens with one attached hydrogen (secondary N) is 2. The van der Waals surface area contributed by atoms with Gasteiger partial charge in [0.05, 0.1) is 17.6 Å². The summed E-state index contributed by atoms with van der Waals surface area (Å²) in [5, 5.41) is 40.6. The normalized spacial score (nSPS) is 13.2. The zero-order valence-corrected chi connectivity index (χ0v) is 20.7. The molecule has 7 N–H and O–H groups in total. The summed E-state index contributed by atoms with van der Waals surface area (Å²) in [4.78, 5) is 12.6. The van der Waals surface area contributed by atoms with Gasteiger partial charge in [-0.05, 0) is 66.4 Å². The lowest BCUT2D eigenvalue weighted by Crippen LogP contribution is -2.32. The van der Waals surface area contributed by atoms with E-state index in [0.717, 1.165) is 11.1 Å². The summed E-state index contributed by atoms with van der Waals surface area (Å²) in [7, 11) is -3.76. The van der Waals surface area contributed by atoms with E-state index in [4.69, 9.17) is 5.14 Å². The molecule has 0 aliphatic rings. The van der Waals surface area contributed by atoms with Gasteiger partial charge in [0.25, 0.3) is 5.91 Å². The number of aromatic hydroxyl groups is 1. The van der Waals surface area contributed by atoms with Crippen molar-refractivity contribution in [2.75, 3.05) is 6.54 Å². The van der Waals surface area contributed by atoms with E-state index in [2.05, 4.69) is 10.6 Å². The molecular weight excluding hydrogens is 482 g/mol. The van der Waals surface area contributed by atoms with Crippen molar-refractivity contribution in [3.05, 3.63) is 94.5 Å². The lowest BCUT2D eigenvalue weighted by molar-refractivity contribution is 0.0950. The summed E-state index contributed by atoms with van der Waals surface area (Å²) < 4.78 is 22.7. The minimum absolute atomic E-state index is 0.00438. The Kier molecular flexibility index (Phi) is 9.19. The molecule has 2 atom stereocenters. The third-order valence-corrected chi connectivity index (χ3v) is 6.68. The van der Waals surface area contributed by atoms with Crippen LogP contribution in [0.15, 0.2) is 71.6 Å². The maximum Gasteiger partial charge on any atom is 0.251 e. The highest BCUT2D eigenvalue weighted by Crippen LogP contribution is 2.22. The minimum atomic E-state index is -3.76. The Balaban J connectivity index is 1.52. The number of rotatable bonds is 11. The number of amides is 1. The lowest BCUT2D eigenvalue weighted by Gasteiger charge is -2.18. The Bertz CT molecular complexity index is 1300. The Morgan fingerprint density at radius 3 is 2.42 bits per heavy atom. The highest BCUT2D eigenvalue weighted by atomic mass is 32.2. The van der Waals surface area contributed by atoms with Crippen LogP contribution < -0.4 is 15.8 Å². The van der Waals surface area contributed by atoms with Gasteiger partial charge in [0.2, 0.25) is 10.0 Å². The number of carbonyl (C=O) groups excluding carboxylic acids is 1. The summed E-state index contributed by atoms with van der Waals surface area (Å²) in [5.41, 5.74) is 3.14. The first-order valence-corrected chi connectivity index (χ1v) is 12.9. The summed E-state index contributed by atoms with van der Waals surface area (Å²) in [6.07, 6.45) is -0.185. The van der Waals surface area contributed by atoms with Crippen LogP contribution in [0.4, 0.5) is 0 Å². The molecular formula is C26H31N3O6S. The molecule has 0 saturated heterocycles. The Morgan fingerprint density at radius 2 is 1.75 bits per heavy atom. The van der Waals surface area contributed by atoms with Crippen molar-refractivity contribution in [1.82, 2.24) is 10.6 Å². The molecule has 192 valence electrons. The molecule has 0 unspecified atom stereocenters. The molecule has 0 heterocycles. The van der Waals surface area contributed by atoms with Gasteiger partial charge in [0.1, 0.15) is 5.75 Å². The summed E-state index contributed by atoms with van der Waals surface area (Å²) in [6.45, 7) is 2.17. The first-order chi connectivity index (χ1) is 17.1. The van der Waals surface area contributed by atoms with Gasteiger partial charge >= 0.3 is 0 Å². The maximum absolute atomic E-state index is 12.6. The van der Waals surface area contributed by atoms with Crippen LogP contribution in [0.5, 0.6) is 5.75 Å². The van der Waals surface area contributed by atoms with Gasteiger partial charge < -0.3 is 26.0 Å². The predicted molar refractivity (Wildman–Crippen MR) is 136 cm³/mol. The fourth-order valence-electron chi connectivity index (χ4n) is 3.72. The SMILES string of the molecule is C[C@H](Cc1cccc(C(=O)NCc2ccc(S(N)(=O)=O)cc2)c1)NC[C@@H](O)c1ccc(O)c(CO)c1. The zero-order chi connectivity index (χ0) is 26.3. The molecule has 0 fully saturated rings. The van der Waals surface area contributed by atoms with Gasteiger partial charge in [0, 0.05) is 30.3 Å². The Labute approximate surface area is 210 Å². The molecule has 0 radical (unpaired) electrons. The number of hydrogen-bond acceptors (Lipinski definition) is 7. The van der Waals surface area contributed by atoms with Crippen LogP contribution in [0.3, 0.4) is 0 Å². The summed E-state index contributed by atoms with van der Waals surface area (Å²) in [5.74, 6) is -0.269. The van der Waals surface area contributed by atoms with Crippen LogP contribution >= 0.6 is 0 Å². The maximum atomic E-state index is 12.6. The third kappa shape index (κ3) is 7.61. The summed E-state index contributed by atoms with van der Waals surface area (Å²) >= 11 is 0. The Hall–Kier alpha value is -3.28. The molecule has 1 amide bonds. The van der Waals surface area contributed by atoms with Crippen LogP contribution in [0.1, 0.15) is 45.6 Å². The lowest BCUT2D eigenvalue weighted by atomic mass is 10.0. The van der Waals surface area contributed by atoms with Crippen LogP contribution in [0.2, 0.25) is 0 Å². The first-order valence-electron chi connectivity index (χ1n) is 11.4. The number of carbonyl (C=O) groups is 1. The molecule has 0 bridgehead atoms. The van der Waals surface area contributed by atoms with E-state index in [1.807, 2.05) is 19.1 Å². The van der Waals surface area contributed by atoms with Gasteiger partial charge in [-0.3, -0.25) is 4.79 Å². The number of primary sulfonamides is 1. The van der Waals surface area contributed by atoms with Crippen molar-refractivity contribution in [2.24, 2.45) is 5.14 Å². The highest BCUT2D eigenvalue weighted by Gasteiger charge is 2.13. The van der Waals surface area contributed by atoms with Gasteiger partial charge in [-0.25, -0.2) is 13.6 Å². The number of benzene rings is 3. The van der Waals surface area contributed by atoms with Crippen molar-refractivity contribution < 1.29 is 28.5 Å². The second-order valence-corrected chi connectivity index (χ2v) is 10.2. The molecule has 3 aromatic carbocycles. The number of phenols is 1. The van der Waals surface area contributed by atoms with Crippen LogP contribution in [0.25, 0.3) is 0 Å². The minimum Gasteiger partial charge on any atom is -0.508 e. The van der Waals surface area contributed by atoms with Gasteiger partial charge in [0.15, 0.2) is 0 Å².